The minimum Gasteiger partial charge on any atom is -0.346 e. The number of carbonyl (C=O) groups is 1. The summed E-state index contributed by atoms with van der Waals surface area (Å²) in [6.45, 7) is 2.45. The Balaban J connectivity index is 1.66. The molecular weight excluding hydrogens is 280 g/mol. The van der Waals surface area contributed by atoms with E-state index in [1.54, 1.807) is 11.0 Å². The summed E-state index contributed by atoms with van der Waals surface area (Å²) in [5, 5.41) is 6.95. The molecule has 0 aliphatic rings. The largest absolute Gasteiger partial charge is 0.346 e. The minimum absolute atomic E-state index is 0.0324. The van der Waals surface area contributed by atoms with Crippen LogP contribution in [0.25, 0.3) is 11.0 Å². The first-order chi connectivity index (χ1) is 10.6. The van der Waals surface area contributed by atoms with Crippen LogP contribution in [0.4, 0.5) is 0 Å². The van der Waals surface area contributed by atoms with Crippen molar-refractivity contribution in [3.05, 3.63) is 42.7 Å². The number of nitrogens with zero attached hydrogens (tertiary/aromatic N) is 5. The lowest BCUT2D eigenvalue weighted by Crippen LogP contribution is -2.29. The van der Waals surface area contributed by atoms with Gasteiger partial charge in [-0.05, 0) is 19.1 Å². The van der Waals surface area contributed by atoms with Crippen LogP contribution in [-0.2, 0) is 18.4 Å². The third-order valence-corrected chi connectivity index (χ3v) is 3.62. The Bertz CT molecular complexity index is 777. The minimum atomic E-state index is -0.152. The molecule has 0 radical (unpaired) electrons. The molecule has 0 saturated heterocycles. The van der Waals surface area contributed by atoms with Gasteiger partial charge in [0, 0.05) is 13.5 Å². The normalized spacial score (nSPS) is 12.5. The molecule has 3 aromatic rings. The number of aromatic nitrogens is 5. The number of carbonyl (C=O) groups excluding carboxylic acids is 1. The fourth-order valence-electron chi connectivity index (χ4n) is 2.49. The number of benzene rings is 1. The maximum atomic E-state index is 12.0. The van der Waals surface area contributed by atoms with Crippen LogP contribution < -0.4 is 5.32 Å². The molecule has 1 atom stereocenters. The van der Waals surface area contributed by atoms with Crippen molar-refractivity contribution in [2.45, 2.75) is 25.9 Å². The Kier molecular flexibility index (Phi) is 3.86. The molecule has 0 aliphatic heterocycles. The summed E-state index contributed by atoms with van der Waals surface area (Å²) >= 11 is 0. The van der Waals surface area contributed by atoms with Crippen LogP contribution in [0.3, 0.4) is 0 Å². The number of imidazole rings is 1. The van der Waals surface area contributed by atoms with Gasteiger partial charge in [0.1, 0.15) is 18.5 Å². The molecule has 3 rings (SSSR count). The van der Waals surface area contributed by atoms with E-state index in [0.717, 1.165) is 16.9 Å². The van der Waals surface area contributed by atoms with Crippen LogP contribution in [-0.4, -0.2) is 30.2 Å². The number of amides is 1. The van der Waals surface area contributed by atoms with E-state index >= 15 is 0 Å². The zero-order valence-corrected chi connectivity index (χ0v) is 12.6. The second-order valence-electron chi connectivity index (χ2n) is 5.22. The van der Waals surface area contributed by atoms with Gasteiger partial charge >= 0.3 is 0 Å². The average Bonchev–Trinajstić information content (AvgIpc) is 3.14. The molecule has 7 nitrogen and oxygen atoms in total. The number of fused-ring (bicyclic) bond motifs is 1. The van der Waals surface area contributed by atoms with Crippen LogP contribution in [0, 0.1) is 0 Å². The topological polar surface area (TPSA) is 77.6 Å². The van der Waals surface area contributed by atoms with E-state index in [-0.39, 0.29) is 11.9 Å². The second kappa shape index (κ2) is 5.97. The molecule has 22 heavy (non-hydrogen) atoms. The second-order valence-corrected chi connectivity index (χ2v) is 5.22. The molecule has 1 amide bonds. The number of hydrogen-bond donors (Lipinski definition) is 1. The molecular formula is C15H18N6O. The third-order valence-electron chi connectivity index (χ3n) is 3.62. The quantitative estimate of drug-likeness (QED) is 0.773. The van der Waals surface area contributed by atoms with Gasteiger partial charge in [-0.3, -0.25) is 9.48 Å². The Morgan fingerprint density at radius 2 is 2.18 bits per heavy atom. The van der Waals surface area contributed by atoms with Gasteiger partial charge in [0.05, 0.1) is 23.6 Å². The number of rotatable bonds is 5. The lowest BCUT2D eigenvalue weighted by Gasteiger charge is -2.14. The van der Waals surface area contributed by atoms with Crippen molar-refractivity contribution in [3.63, 3.8) is 0 Å². The van der Waals surface area contributed by atoms with Gasteiger partial charge in [-0.1, -0.05) is 12.1 Å². The third kappa shape index (κ3) is 2.83. The van der Waals surface area contributed by atoms with Crippen LogP contribution in [0.1, 0.15) is 25.2 Å². The molecule has 1 N–H and O–H groups in total. The maximum absolute atomic E-state index is 12.0. The van der Waals surface area contributed by atoms with Crippen molar-refractivity contribution in [1.82, 2.24) is 29.6 Å². The zero-order valence-electron chi connectivity index (χ0n) is 12.6. The highest BCUT2D eigenvalue weighted by Crippen LogP contribution is 2.19. The van der Waals surface area contributed by atoms with Gasteiger partial charge < -0.3 is 9.88 Å². The first kappa shape index (κ1) is 14.2. The Morgan fingerprint density at radius 3 is 2.91 bits per heavy atom. The molecule has 0 spiro atoms. The van der Waals surface area contributed by atoms with E-state index in [4.69, 9.17) is 0 Å². The summed E-state index contributed by atoms with van der Waals surface area (Å²) in [4.78, 5) is 20.5. The lowest BCUT2D eigenvalue weighted by atomic mass is 10.3. The molecule has 2 heterocycles. The number of nitrogens with one attached hydrogen (secondary N) is 1. The fraction of sp³-hybridized carbons (Fsp3) is 0.333. The van der Waals surface area contributed by atoms with E-state index in [1.165, 1.54) is 6.33 Å². The maximum Gasteiger partial charge on any atom is 0.222 e. The van der Waals surface area contributed by atoms with Gasteiger partial charge in [0.25, 0.3) is 0 Å². The van der Waals surface area contributed by atoms with Crippen LogP contribution in [0.5, 0.6) is 0 Å². The van der Waals surface area contributed by atoms with Crippen LogP contribution in [0.2, 0.25) is 0 Å². The van der Waals surface area contributed by atoms with Crippen LogP contribution >= 0.6 is 0 Å². The fourth-order valence-corrected chi connectivity index (χ4v) is 2.49. The molecule has 0 saturated carbocycles. The van der Waals surface area contributed by atoms with Crippen molar-refractivity contribution >= 4 is 16.9 Å². The highest BCUT2D eigenvalue weighted by atomic mass is 16.1. The Morgan fingerprint density at radius 1 is 1.36 bits per heavy atom. The molecule has 0 bridgehead atoms. The molecule has 114 valence electrons. The summed E-state index contributed by atoms with van der Waals surface area (Å²) in [6.07, 6.45) is 3.42. The van der Waals surface area contributed by atoms with E-state index in [2.05, 4.69) is 20.4 Å². The highest BCUT2D eigenvalue weighted by molar-refractivity contribution is 5.77. The standard InChI is InChI=1S/C15H18N6O/c1-11(18-14(22)7-8-21-10-16-9-17-21)15-19-12-5-3-4-6-13(12)20(15)2/h3-6,9-11H,7-8H2,1-2H3,(H,18,22)/t11-/m1/s1. The van der Waals surface area contributed by atoms with Gasteiger partial charge in [0.15, 0.2) is 0 Å². The van der Waals surface area contributed by atoms with Crippen LogP contribution in [0.15, 0.2) is 36.9 Å². The SMILES string of the molecule is C[C@@H](NC(=O)CCn1cncn1)c1nc2ccccc2n1C. The number of para-hydroxylation sites is 2. The van der Waals surface area contributed by atoms with E-state index in [1.807, 2.05) is 42.8 Å². The smallest absolute Gasteiger partial charge is 0.222 e. The monoisotopic (exact) mass is 298 g/mol. The number of hydrogen-bond acceptors (Lipinski definition) is 4. The molecule has 1 aromatic carbocycles. The lowest BCUT2D eigenvalue weighted by molar-refractivity contribution is -0.122. The molecule has 7 heteroatoms. The Hall–Kier alpha value is -2.70. The predicted molar refractivity (Wildman–Crippen MR) is 81.9 cm³/mol. The molecule has 2 aromatic heterocycles. The zero-order chi connectivity index (χ0) is 15.5. The van der Waals surface area contributed by atoms with Crippen molar-refractivity contribution in [2.75, 3.05) is 0 Å². The summed E-state index contributed by atoms with van der Waals surface area (Å²) in [7, 11) is 1.96. The summed E-state index contributed by atoms with van der Waals surface area (Å²) in [6, 6.07) is 7.78. The molecule has 0 unspecified atom stereocenters. The van der Waals surface area contributed by atoms with E-state index in [0.29, 0.717) is 13.0 Å². The van der Waals surface area contributed by atoms with Gasteiger partial charge in [0.2, 0.25) is 5.91 Å². The van der Waals surface area contributed by atoms with E-state index < -0.39 is 0 Å². The van der Waals surface area contributed by atoms with Crippen molar-refractivity contribution in [3.8, 4) is 0 Å². The van der Waals surface area contributed by atoms with Crippen molar-refractivity contribution in [1.29, 1.82) is 0 Å². The Labute approximate surface area is 128 Å². The predicted octanol–water partition coefficient (Wildman–Crippen LogP) is 1.43. The first-order valence-corrected chi connectivity index (χ1v) is 7.18. The van der Waals surface area contributed by atoms with Gasteiger partial charge in [-0.25, -0.2) is 9.97 Å². The number of aryl methyl sites for hydroxylation is 2. The summed E-state index contributed by atoms with van der Waals surface area (Å²) in [5.74, 6) is 0.811. The van der Waals surface area contributed by atoms with Crippen molar-refractivity contribution in [2.24, 2.45) is 7.05 Å². The molecule has 0 fully saturated rings. The van der Waals surface area contributed by atoms with E-state index in [9.17, 15) is 4.79 Å². The molecule has 0 aliphatic carbocycles. The average molecular weight is 298 g/mol. The van der Waals surface area contributed by atoms with Crippen molar-refractivity contribution < 1.29 is 4.79 Å². The van der Waals surface area contributed by atoms with Gasteiger partial charge in [-0.2, -0.15) is 5.10 Å². The summed E-state index contributed by atoms with van der Waals surface area (Å²) in [5.41, 5.74) is 1.99. The highest BCUT2D eigenvalue weighted by Gasteiger charge is 2.16. The summed E-state index contributed by atoms with van der Waals surface area (Å²) < 4.78 is 3.65. The first-order valence-electron chi connectivity index (χ1n) is 7.18. The van der Waals surface area contributed by atoms with Gasteiger partial charge in [-0.15, -0.1) is 0 Å².